The minimum Gasteiger partial charge on any atom is -0.327 e. The summed E-state index contributed by atoms with van der Waals surface area (Å²) in [5, 5.41) is 0. The van der Waals surface area contributed by atoms with Gasteiger partial charge in [0.15, 0.2) is 0 Å². The van der Waals surface area contributed by atoms with E-state index in [0.717, 1.165) is 6.42 Å². The number of nitrogens with zero attached hydrogens (tertiary/aromatic N) is 2. The summed E-state index contributed by atoms with van der Waals surface area (Å²) < 4.78 is 0. The van der Waals surface area contributed by atoms with Gasteiger partial charge >= 0.3 is 0 Å². The number of anilines is 1. The highest BCUT2D eigenvalue weighted by atomic mass is 16.2. The van der Waals surface area contributed by atoms with E-state index in [-0.39, 0.29) is 23.6 Å². The second-order valence-electron chi connectivity index (χ2n) is 6.20. The Morgan fingerprint density at radius 3 is 2.61 bits per heavy atom. The van der Waals surface area contributed by atoms with E-state index in [0.29, 0.717) is 37.1 Å². The van der Waals surface area contributed by atoms with Gasteiger partial charge in [-0.15, -0.1) is 0 Å². The number of imide groups is 1. The zero-order valence-corrected chi connectivity index (χ0v) is 13.6. The smallest absolute Gasteiger partial charge is 0.256 e. The molecule has 0 radical (unpaired) electrons. The summed E-state index contributed by atoms with van der Waals surface area (Å²) in [4.78, 5) is 41.7. The van der Waals surface area contributed by atoms with Crippen LogP contribution in [0.25, 0.3) is 0 Å². The molecule has 3 amide bonds. The Hall–Kier alpha value is -2.17. The van der Waals surface area contributed by atoms with E-state index in [2.05, 4.69) is 0 Å². The average Bonchev–Trinajstić information content (AvgIpc) is 3.02. The van der Waals surface area contributed by atoms with Crippen molar-refractivity contribution in [3.8, 4) is 0 Å². The number of fused-ring (bicyclic) bond motifs is 2. The van der Waals surface area contributed by atoms with Crippen LogP contribution in [0.5, 0.6) is 0 Å². The molecule has 0 saturated carbocycles. The van der Waals surface area contributed by atoms with E-state index in [1.54, 1.807) is 29.2 Å². The third-order valence-corrected chi connectivity index (χ3v) is 4.95. The Morgan fingerprint density at radius 1 is 1.22 bits per heavy atom. The molecule has 1 fully saturated rings. The molecule has 23 heavy (non-hydrogen) atoms. The monoisotopic (exact) mass is 314 g/mol. The number of hydrogen-bond donors (Lipinski definition) is 0. The lowest BCUT2D eigenvalue weighted by atomic mass is 10.00. The zero-order chi connectivity index (χ0) is 16.6. The van der Waals surface area contributed by atoms with E-state index in [1.165, 1.54) is 4.90 Å². The second-order valence-corrected chi connectivity index (χ2v) is 6.20. The van der Waals surface area contributed by atoms with Crippen LogP contribution < -0.4 is 4.90 Å². The van der Waals surface area contributed by atoms with Gasteiger partial charge < -0.3 is 4.90 Å². The fourth-order valence-electron chi connectivity index (χ4n) is 3.59. The van der Waals surface area contributed by atoms with E-state index >= 15 is 0 Å². The average molecular weight is 314 g/mol. The summed E-state index contributed by atoms with van der Waals surface area (Å²) >= 11 is 0. The van der Waals surface area contributed by atoms with Crippen molar-refractivity contribution in [2.45, 2.75) is 45.6 Å². The van der Waals surface area contributed by atoms with Crippen LogP contribution in [0.1, 0.15) is 49.9 Å². The van der Waals surface area contributed by atoms with Crippen LogP contribution in [0.15, 0.2) is 24.3 Å². The molecule has 0 aromatic heterocycles. The molecule has 5 heteroatoms. The highest BCUT2D eigenvalue weighted by Crippen LogP contribution is 2.33. The number of hydrogen-bond acceptors (Lipinski definition) is 3. The van der Waals surface area contributed by atoms with Crippen molar-refractivity contribution < 1.29 is 14.4 Å². The third kappa shape index (κ3) is 2.44. The Kier molecular flexibility index (Phi) is 4.20. The van der Waals surface area contributed by atoms with Crippen molar-refractivity contribution in [2.75, 3.05) is 11.4 Å². The Morgan fingerprint density at radius 2 is 1.91 bits per heavy atom. The van der Waals surface area contributed by atoms with Gasteiger partial charge in [-0.05, 0) is 37.8 Å². The molecule has 0 N–H and O–H groups in total. The summed E-state index contributed by atoms with van der Waals surface area (Å²) in [6.45, 7) is 4.48. The Labute approximate surface area is 136 Å². The van der Waals surface area contributed by atoms with Crippen LogP contribution >= 0.6 is 0 Å². The Bertz CT molecular complexity index is 651. The predicted octanol–water partition coefficient (Wildman–Crippen LogP) is 2.60. The van der Waals surface area contributed by atoms with Gasteiger partial charge in [0.05, 0.1) is 11.3 Å². The van der Waals surface area contributed by atoms with Gasteiger partial charge in [-0.1, -0.05) is 26.0 Å². The Balaban J connectivity index is 2.13. The van der Waals surface area contributed by atoms with Crippen molar-refractivity contribution in [2.24, 2.45) is 5.92 Å². The lowest BCUT2D eigenvalue weighted by Crippen LogP contribution is -2.48. The molecule has 2 heterocycles. The lowest BCUT2D eigenvalue weighted by Gasteiger charge is -2.27. The van der Waals surface area contributed by atoms with Gasteiger partial charge in [0.1, 0.15) is 6.04 Å². The van der Waals surface area contributed by atoms with E-state index in [9.17, 15) is 14.4 Å². The SMILES string of the molecule is CCC(CC)C(=O)N1C(=O)[C@@H]2CCCN2C(=O)c2ccccc21. The largest absolute Gasteiger partial charge is 0.327 e. The quantitative estimate of drug-likeness (QED) is 0.861. The molecule has 1 saturated heterocycles. The van der Waals surface area contributed by atoms with E-state index < -0.39 is 6.04 Å². The van der Waals surface area contributed by atoms with Crippen molar-refractivity contribution in [1.29, 1.82) is 0 Å². The first-order valence-corrected chi connectivity index (χ1v) is 8.37. The van der Waals surface area contributed by atoms with Gasteiger partial charge in [-0.3, -0.25) is 14.4 Å². The summed E-state index contributed by atoms with van der Waals surface area (Å²) in [7, 11) is 0. The minimum atomic E-state index is -0.506. The first kappa shape index (κ1) is 15.7. The number of amides is 3. The maximum Gasteiger partial charge on any atom is 0.256 e. The number of carbonyl (C=O) groups is 3. The van der Waals surface area contributed by atoms with Crippen LogP contribution in [0.3, 0.4) is 0 Å². The molecule has 0 aliphatic carbocycles. The highest BCUT2D eigenvalue weighted by molar-refractivity contribution is 6.22. The normalized spacial score (nSPS) is 20.6. The predicted molar refractivity (Wildman–Crippen MR) is 87.1 cm³/mol. The van der Waals surface area contributed by atoms with E-state index in [4.69, 9.17) is 0 Å². The van der Waals surface area contributed by atoms with E-state index in [1.807, 2.05) is 13.8 Å². The highest BCUT2D eigenvalue weighted by Gasteiger charge is 2.44. The van der Waals surface area contributed by atoms with Crippen LogP contribution in [0.2, 0.25) is 0 Å². The topological polar surface area (TPSA) is 57.7 Å². The molecular weight excluding hydrogens is 292 g/mol. The van der Waals surface area contributed by atoms with Crippen LogP contribution in [0.4, 0.5) is 5.69 Å². The van der Waals surface area contributed by atoms with Gasteiger partial charge in [-0.25, -0.2) is 4.90 Å². The summed E-state index contributed by atoms with van der Waals surface area (Å²) in [5.41, 5.74) is 0.887. The first-order valence-electron chi connectivity index (χ1n) is 8.37. The van der Waals surface area contributed by atoms with Crippen LogP contribution in [-0.4, -0.2) is 35.2 Å². The molecule has 2 aliphatic rings. The molecule has 0 bridgehead atoms. The zero-order valence-electron chi connectivity index (χ0n) is 13.6. The summed E-state index contributed by atoms with van der Waals surface area (Å²) in [6.07, 6.45) is 2.80. The molecular formula is C18H22N2O3. The van der Waals surface area contributed by atoms with Crippen molar-refractivity contribution >= 4 is 23.4 Å². The summed E-state index contributed by atoms with van der Waals surface area (Å²) in [6, 6.07) is 6.44. The molecule has 1 aromatic rings. The number of rotatable bonds is 3. The molecule has 3 rings (SSSR count). The van der Waals surface area contributed by atoms with Gasteiger partial charge in [-0.2, -0.15) is 0 Å². The maximum atomic E-state index is 13.0. The number of para-hydroxylation sites is 1. The minimum absolute atomic E-state index is 0.142. The molecule has 122 valence electrons. The lowest BCUT2D eigenvalue weighted by molar-refractivity contribution is -0.130. The second kappa shape index (κ2) is 6.14. The van der Waals surface area contributed by atoms with Crippen LogP contribution in [-0.2, 0) is 9.59 Å². The van der Waals surface area contributed by atoms with Crippen molar-refractivity contribution in [3.63, 3.8) is 0 Å². The van der Waals surface area contributed by atoms with Crippen LogP contribution in [0, 0.1) is 5.92 Å². The first-order chi connectivity index (χ1) is 11.1. The fourth-order valence-corrected chi connectivity index (χ4v) is 3.59. The van der Waals surface area contributed by atoms with Gasteiger partial charge in [0.25, 0.3) is 11.8 Å². The maximum absolute atomic E-state index is 13.0. The fraction of sp³-hybridized carbons (Fsp3) is 0.500. The summed E-state index contributed by atoms with van der Waals surface area (Å²) in [5.74, 6) is -0.780. The molecule has 0 unspecified atom stereocenters. The third-order valence-electron chi connectivity index (χ3n) is 4.95. The van der Waals surface area contributed by atoms with Crippen molar-refractivity contribution in [1.82, 2.24) is 4.90 Å². The molecule has 0 spiro atoms. The molecule has 5 nitrogen and oxygen atoms in total. The molecule has 1 atom stereocenters. The standard InChI is InChI=1S/C18H22N2O3/c1-3-12(4-2)16(21)20-14-9-6-5-8-13(14)17(22)19-11-7-10-15(19)18(20)23/h5-6,8-9,12,15H,3-4,7,10-11H2,1-2H3/t15-/m0/s1. The van der Waals surface area contributed by atoms with Gasteiger partial charge in [0, 0.05) is 12.5 Å². The van der Waals surface area contributed by atoms with Gasteiger partial charge in [0.2, 0.25) is 5.91 Å². The van der Waals surface area contributed by atoms with Crippen molar-refractivity contribution in [3.05, 3.63) is 29.8 Å². The number of carbonyl (C=O) groups excluding carboxylic acids is 3. The molecule has 2 aliphatic heterocycles. The number of benzene rings is 1. The molecule has 1 aromatic carbocycles.